The summed E-state index contributed by atoms with van der Waals surface area (Å²) in [5.74, 6) is 0.0157. The molecule has 0 aliphatic carbocycles. The summed E-state index contributed by atoms with van der Waals surface area (Å²) >= 11 is 7.86. The maximum absolute atomic E-state index is 13.0. The molecule has 1 aliphatic heterocycles. The molecule has 28 heavy (non-hydrogen) atoms. The van der Waals surface area contributed by atoms with Gasteiger partial charge in [-0.15, -0.1) is 0 Å². The molecule has 3 rings (SSSR count). The first-order valence-electron chi connectivity index (χ1n) is 9.45. The molecule has 2 aromatic rings. The highest BCUT2D eigenvalue weighted by Gasteiger charge is 2.35. The summed E-state index contributed by atoms with van der Waals surface area (Å²) in [6, 6.07) is 10.1. The lowest BCUT2D eigenvalue weighted by Crippen LogP contribution is -2.35. The molecule has 1 aliphatic rings. The molecule has 0 N–H and O–H groups in total. The van der Waals surface area contributed by atoms with Gasteiger partial charge in [-0.2, -0.15) is 0 Å². The molecule has 0 atom stereocenters. The number of amidine groups is 1. The summed E-state index contributed by atoms with van der Waals surface area (Å²) in [7, 11) is 0. The highest BCUT2D eigenvalue weighted by atomic mass is 35.5. The number of amides is 1. The van der Waals surface area contributed by atoms with Gasteiger partial charge < -0.3 is 4.57 Å². The van der Waals surface area contributed by atoms with Crippen molar-refractivity contribution in [3.05, 3.63) is 57.2 Å². The number of rotatable bonds is 4. The summed E-state index contributed by atoms with van der Waals surface area (Å²) in [5.41, 5.74) is 4.09. The minimum absolute atomic E-state index is 0.0157. The van der Waals surface area contributed by atoms with Crippen LogP contribution in [-0.2, 0) is 4.79 Å². The number of para-hydroxylation sites is 1. The van der Waals surface area contributed by atoms with Crippen LogP contribution in [0.15, 0.2) is 40.2 Å². The Kier molecular flexibility index (Phi) is 6.06. The number of carbonyl (C=O) groups is 1. The van der Waals surface area contributed by atoms with Crippen molar-refractivity contribution in [3.8, 4) is 5.69 Å². The number of benzene rings is 1. The SMILES string of the molecule is Cc1cc(/C=C2/SC(=NC(C)C)N(C(C)C)C2=O)c(C)n1-c1ccccc1Cl. The number of halogens is 1. The Morgan fingerprint density at radius 2 is 1.82 bits per heavy atom. The molecule has 4 nitrogen and oxygen atoms in total. The standard InChI is InChI=1S/C22H26ClN3OS/c1-13(2)24-22-25(14(3)4)21(27)20(28-22)12-17-11-15(5)26(16(17)6)19-10-8-7-9-18(19)23/h7-14H,1-6H3/b20-12+,24-22?. The maximum atomic E-state index is 13.0. The maximum Gasteiger partial charge on any atom is 0.266 e. The van der Waals surface area contributed by atoms with Gasteiger partial charge in [-0.25, -0.2) is 0 Å². The lowest BCUT2D eigenvalue weighted by Gasteiger charge is -2.20. The van der Waals surface area contributed by atoms with Crippen LogP contribution < -0.4 is 0 Å². The van der Waals surface area contributed by atoms with E-state index in [9.17, 15) is 4.79 Å². The first-order valence-corrected chi connectivity index (χ1v) is 10.6. The van der Waals surface area contributed by atoms with E-state index in [0.717, 1.165) is 27.8 Å². The molecular formula is C22H26ClN3OS. The van der Waals surface area contributed by atoms with Crippen LogP contribution in [-0.4, -0.2) is 32.6 Å². The zero-order valence-electron chi connectivity index (χ0n) is 17.2. The fourth-order valence-corrected chi connectivity index (χ4v) is 4.78. The fourth-order valence-electron chi connectivity index (χ4n) is 3.33. The third-order valence-corrected chi connectivity index (χ3v) is 5.89. The van der Waals surface area contributed by atoms with E-state index in [1.165, 1.54) is 11.8 Å². The summed E-state index contributed by atoms with van der Waals surface area (Å²) in [5, 5.41) is 1.48. The molecule has 0 spiro atoms. The molecule has 0 bridgehead atoms. The molecule has 1 saturated heterocycles. The van der Waals surface area contributed by atoms with Crippen molar-refractivity contribution < 1.29 is 4.79 Å². The highest BCUT2D eigenvalue weighted by Crippen LogP contribution is 2.36. The third-order valence-electron chi connectivity index (χ3n) is 4.57. The number of aromatic nitrogens is 1. The molecule has 0 saturated carbocycles. The second-order valence-corrected chi connectivity index (χ2v) is 8.91. The highest BCUT2D eigenvalue weighted by molar-refractivity contribution is 8.18. The summed E-state index contributed by atoms with van der Waals surface area (Å²) < 4.78 is 2.13. The molecule has 0 unspecified atom stereocenters. The van der Waals surface area contributed by atoms with Gasteiger partial charge in [0.2, 0.25) is 0 Å². The van der Waals surface area contributed by atoms with Crippen LogP contribution in [0.2, 0.25) is 5.02 Å². The predicted octanol–water partition coefficient (Wildman–Crippen LogP) is 5.84. The van der Waals surface area contributed by atoms with Gasteiger partial charge in [-0.1, -0.05) is 23.7 Å². The van der Waals surface area contributed by atoms with Crippen LogP contribution in [0, 0.1) is 13.8 Å². The van der Waals surface area contributed by atoms with Gasteiger partial charge in [0.25, 0.3) is 5.91 Å². The van der Waals surface area contributed by atoms with Gasteiger partial charge in [-0.05, 0) is 83.1 Å². The Morgan fingerprint density at radius 3 is 2.43 bits per heavy atom. The van der Waals surface area contributed by atoms with E-state index < -0.39 is 0 Å². The lowest BCUT2D eigenvalue weighted by molar-refractivity contribution is -0.123. The van der Waals surface area contributed by atoms with Crippen molar-refractivity contribution in [1.82, 2.24) is 9.47 Å². The van der Waals surface area contributed by atoms with E-state index in [2.05, 4.69) is 22.5 Å². The van der Waals surface area contributed by atoms with Crippen molar-refractivity contribution in [2.24, 2.45) is 4.99 Å². The van der Waals surface area contributed by atoms with Gasteiger partial charge in [0.1, 0.15) is 0 Å². The van der Waals surface area contributed by atoms with Crippen molar-refractivity contribution in [2.45, 2.75) is 53.6 Å². The number of aliphatic imine (C=N–C) groups is 1. The summed E-state index contributed by atoms with van der Waals surface area (Å²) in [4.78, 5) is 20.1. The van der Waals surface area contributed by atoms with Gasteiger partial charge in [0, 0.05) is 23.5 Å². The summed E-state index contributed by atoms with van der Waals surface area (Å²) in [6.45, 7) is 12.2. The van der Waals surface area contributed by atoms with E-state index in [-0.39, 0.29) is 18.0 Å². The number of hydrogen-bond donors (Lipinski definition) is 0. The second kappa shape index (κ2) is 8.18. The van der Waals surface area contributed by atoms with E-state index in [4.69, 9.17) is 11.6 Å². The Morgan fingerprint density at radius 1 is 1.14 bits per heavy atom. The average molecular weight is 416 g/mol. The smallest absolute Gasteiger partial charge is 0.266 e. The molecule has 2 heterocycles. The minimum atomic E-state index is 0.0157. The molecule has 1 aromatic carbocycles. The molecule has 148 valence electrons. The third kappa shape index (κ3) is 3.91. The van der Waals surface area contributed by atoms with Gasteiger partial charge in [-0.3, -0.25) is 14.7 Å². The number of hydrogen-bond acceptors (Lipinski definition) is 3. The summed E-state index contributed by atoms with van der Waals surface area (Å²) in [6.07, 6.45) is 1.97. The first kappa shape index (κ1) is 20.7. The zero-order valence-corrected chi connectivity index (χ0v) is 18.7. The van der Waals surface area contributed by atoms with Crippen molar-refractivity contribution in [3.63, 3.8) is 0 Å². The van der Waals surface area contributed by atoms with Crippen molar-refractivity contribution in [1.29, 1.82) is 0 Å². The van der Waals surface area contributed by atoms with Crippen molar-refractivity contribution >= 4 is 40.5 Å². The minimum Gasteiger partial charge on any atom is -0.316 e. The van der Waals surface area contributed by atoms with E-state index in [0.29, 0.717) is 9.93 Å². The Hall–Kier alpha value is -1.98. The van der Waals surface area contributed by atoms with E-state index in [1.54, 1.807) is 4.90 Å². The average Bonchev–Trinajstić information content (AvgIpc) is 3.05. The quantitative estimate of drug-likeness (QED) is 0.588. The van der Waals surface area contributed by atoms with E-state index >= 15 is 0 Å². The van der Waals surface area contributed by atoms with Crippen molar-refractivity contribution in [2.75, 3.05) is 0 Å². The Balaban J connectivity index is 2.04. The van der Waals surface area contributed by atoms with Crippen LogP contribution in [0.25, 0.3) is 11.8 Å². The van der Waals surface area contributed by atoms with Gasteiger partial charge in [0.15, 0.2) is 5.17 Å². The molecule has 1 fully saturated rings. The molecule has 6 heteroatoms. The Bertz CT molecular complexity index is 972. The number of nitrogens with zero attached hydrogens (tertiary/aromatic N) is 3. The second-order valence-electron chi connectivity index (χ2n) is 7.50. The van der Waals surface area contributed by atoms with E-state index in [1.807, 2.05) is 65.0 Å². The fraction of sp³-hybridized carbons (Fsp3) is 0.364. The number of carbonyl (C=O) groups excluding carboxylic acids is 1. The van der Waals surface area contributed by atoms with Gasteiger partial charge in [0.05, 0.1) is 15.6 Å². The first-order chi connectivity index (χ1) is 13.2. The predicted molar refractivity (Wildman–Crippen MR) is 120 cm³/mol. The Labute approximate surface area is 176 Å². The monoisotopic (exact) mass is 415 g/mol. The van der Waals surface area contributed by atoms with Crippen LogP contribution >= 0.6 is 23.4 Å². The van der Waals surface area contributed by atoms with Crippen LogP contribution in [0.5, 0.6) is 0 Å². The van der Waals surface area contributed by atoms with Crippen LogP contribution in [0.3, 0.4) is 0 Å². The largest absolute Gasteiger partial charge is 0.316 e. The topological polar surface area (TPSA) is 37.6 Å². The molecule has 1 amide bonds. The lowest BCUT2D eigenvalue weighted by atomic mass is 10.2. The van der Waals surface area contributed by atoms with Crippen LogP contribution in [0.1, 0.15) is 44.6 Å². The number of thioether (sulfide) groups is 1. The normalized spacial score (nSPS) is 17.8. The molecular weight excluding hydrogens is 390 g/mol. The zero-order chi connectivity index (χ0) is 20.6. The molecule has 0 radical (unpaired) electrons. The molecule has 1 aromatic heterocycles. The van der Waals surface area contributed by atoms with Crippen LogP contribution in [0.4, 0.5) is 0 Å². The number of aryl methyl sites for hydroxylation is 1. The van der Waals surface area contributed by atoms with Gasteiger partial charge >= 0.3 is 0 Å².